The second-order valence-electron chi connectivity index (χ2n) is 5.40. The monoisotopic (exact) mass is 387 g/mol. The third-order valence-corrected chi connectivity index (χ3v) is 4.26. The highest BCUT2D eigenvalue weighted by Gasteiger charge is 2.34. The Kier molecular flexibility index (Phi) is 4.43. The van der Waals surface area contributed by atoms with Crippen LogP contribution in [0.5, 0.6) is 0 Å². The average molecular weight is 388 g/mol. The number of benzene rings is 2. The van der Waals surface area contributed by atoms with Gasteiger partial charge in [-0.2, -0.15) is 13.2 Å². The number of carboxylic acids is 1. The van der Waals surface area contributed by atoms with Crippen molar-refractivity contribution in [2.24, 2.45) is 0 Å². The normalized spacial score (nSPS) is 11.9. The van der Waals surface area contributed by atoms with Crippen molar-refractivity contribution < 1.29 is 23.1 Å². The summed E-state index contributed by atoms with van der Waals surface area (Å²) in [5.41, 5.74) is -0.388. The minimum absolute atomic E-state index is 0.0643. The van der Waals surface area contributed by atoms with E-state index >= 15 is 0 Å². The maximum Gasteiger partial charge on any atom is 0.417 e. The van der Waals surface area contributed by atoms with Gasteiger partial charge >= 0.3 is 12.1 Å². The van der Waals surface area contributed by atoms with Crippen LogP contribution in [0, 0.1) is 0 Å². The lowest BCUT2D eigenvalue weighted by Crippen LogP contribution is -2.08. The minimum Gasteiger partial charge on any atom is -0.481 e. The number of nitrogens with one attached hydrogen (secondary N) is 1. The van der Waals surface area contributed by atoms with Crippen molar-refractivity contribution in [2.45, 2.75) is 12.6 Å². The van der Waals surface area contributed by atoms with Crippen molar-refractivity contribution in [3.8, 4) is 11.3 Å². The van der Waals surface area contributed by atoms with Gasteiger partial charge in [0.05, 0.1) is 22.7 Å². The maximum absolute atomic E-state index is 13.3. The van der Waals surface area contributed by atoms with Gasteiger partial charge in [-0.1, -0.05) is 41.4 Å². The molecule has 1 aromatic heterocycles. The van der Waals surface area contributed by atoms with E-state index in [1.165, 1.54) is 30.3 Å². The molecule has 0 saturated heterocycles. The van der Waals surface area contributed by atoms with Crippen molar-refractivity contribution in [3.05, 3.63) is 57.6 Å². The third-order valence-electron chi connectivity index (χ3n) is 3.75. The second kappa shape index (κ2) is 6.28. The summed E-state index contributed by atoms with van der Waals surface area (Å²) in [5.74, 6) is -1.18. The van der Waals surface area contributed by atoms with Crippen LogP contribution in [0.25, 0.3) is 22.2 Å². The molecule has 0 aliphatic carbocycles. The van der Waals surface area contributed by atoms with Crippen LogP contribution < -0.4 is 0 Å². The van der Waals surface area contributed by atoms with E-state index in [0.29, 0.717) is 10.9 Å². The van der Waals surface area contributed by atoms with E-state index in [0.717, 1.165) is 6.07 Å². The van der Waals surface area contributed by atoms with Crippen LogP contribution in [-0.4, -0.2) is 16.1 Å². The number of aromatic amines is 1. The molecule has 0 radical (unpaired) electrons. The van der Waals surface area contributed by atoms with Gasteiger partial charge in [0.25, 0.3) is 0 Å². The Morgan fingerprint density at radius 2 is 1.84 bits per heavy atom. The number of aliphatic carboxylic acids is 1. The zero-order valence-corrected chi connectivity index (χ0v) is 13.9. The second-order valence-corrected chi connectivity index (χ2v) is 6.25. The molecule has 2 aromatic carbocycles. The van der Waals surface area contributed by atoms with Gasteiger partial charge in [-0.15, -0.1) is 0 Å². The Bertz CT molecular complexity index is 980. The molecule has 2 N–H and O–H groups in total. The van der Waals surface area contributed by atoms with Crippen LogP contribution in [0.2, 0.25) is 10.0 Å². The maximum atomic E-state index is 13.3. The van der Waals surface area contributed by atoms with E-state index in [1.54, 1.807) is 0 Å². The quantitative estimate of drug-likeness (QED) is 0.597. The number of alkyl halides is 3. The smallest absolute Gasteiger partial charge is 0.417 e. The van der Waals surface area contributed by atoms with Crippen LogP contribution in [-0.2, 0) is 17.4 Å². The number of hydrogen-bond acceptors (Lipinski definition) is 1. The molecular weight excluding hydrogens is 378 g/mol. The van der Waals surface area contributed by atoms with E-state index in [9.17, 15) is 23.1 Å². The molecule has 1 heterocycles. The SMILES string of the molecule is O=C(O)Cc1c(-c2ccccc2C(F)(F)F)[nH]c2cc(Cl)cc(Cl)c12. The third kappa shape index (κ3) is 3.32. The summed E-state index contributed by atoms with van der Waals surface area (Å²) >= 11 is 12.1. The molecule has 0 fully saturated rings. The zero-order chi connectivity index (χ0) is 18.4. The summed E-state index contributed by atoms with van der Waals surface area (Å²) in [6, 6.07) is 7.87. The molecule has 130 valence electrons. The summed E-state index contributed by atoms with van der Waals surface area (Å²) in [5, 5.41) is 9.99. The lowest BCUT2D eigenvalue weighted by atomic mass is 9.98. The van der Waals surface area contributed by atoms with E-state index in [4.69, 9.17) is 23.2 Å². The molecular formula is C17H10Cl2F3NO2. The molecule has 0 amide bonds. The summed E-state index contributed by atoms with van der Waals surface area (Å²) in [4.78, 5) is 14.1. The highest BCUT2D eigenvalue weighted by Crippen LogP contribution is 2.41. The van der Waals surface area contributed by atoms with Gasteiger partial charge in [0.2, 0.25) is 0 Å². The Morgan fingerprint density at radius 3 is 2.48 bits per heavy atom. The first-order valence-corrected chi connectivity index (χ1v) is 7.82. The number of aromatic nitrogens is 1. The predicted molar refractivity (Wildman–Crippen MR) is 90.1 cm³/mol. The van der Waals surface area contributed by atoms with Gasteiger partial charge in [0.1, 0.15) is 0 Å². The van der Waals surface area contributed by atoms with Crippen molar-refractivity contribution in [1.82, 2.24) is 4.98 Å². The minimum atomic E-state index is -4.59. The fourth-order valence-electron chi connectivity index (χ4n) is 2.82. The molecule has 0 bridgehead atoms. The van der Waals surface area contributed by atoms with E-state index in [-0.39, 0.29) is 26.9 Å². The van der Waals surface area contributed by atoms with Gasteiger partial charge < -0.3 is 10.1 Å². The number of hydrogen-bond donors (Lipinski definition) is 2. The van der Waals surface area contributed by atoms with Crippen LogP contribution >= 0.6 is 23.2 Å². The summed E-state index contributed by atoms with van der Waals surface area (Å²) in [7, 11) is 0. The number of rotatable bonds is 3. The van der Waals surface area contributed by atoms with Crippen molar-refractivity contribution >= 4 is 40.1 Å². The van der Waals surface area contributed by atoms with E-state index in [1.807, 2.05) is 0 Å². The van der Waals surface area contributed by atoms with Gasteiger partial charge in [0, 0.05) is 21.5 Å². The van der Waals surface area contributed by atoms with E-state index < -0.39 is 24.1 Å². The molecule has 0 saturated carbocycles. The van der Waals surface area contributed by atoms with Crippen LogP contribution in [0.4, 0.5) is 13.2 Å². The molecule has 0 spiro atoms. The van der Waals surface area contributed by atoms with Crippen molar-refractivity contribution in [2.75, 3.05) is 0 Å². The zero-order valence-electron chi connectivity index (χ0n) is 12.4. The molecule has 0 aliphatic rings. The molecule has 25 heavy (non-hydrogen) atoms. The largest absolute Gasteiger partial charge is 0.481 e. The highest BCUT2D eigenvalue weighted by atomic mass is 35.5. The summed E-state index contributed by atoms with van der Waals surface area (Å²) in [6.07, 6.45) is -5.07. The van der Waals surface area contributed by atoms with E-state index in [2.05, 4.69) is 4.98 Å². The fraction of sp³-hybridized carbons (Fsp3) is 0.118. The predicted octanol–water partition coefficient (Wildman–Crippen LogP) is 5.79. The van der Waals surface area contributed by atoms with Gasteiger partial charge in [-0.3, -0.25) is 4.79 Å². The number of carbonyl (C=O) groups is 1. The Labute approximate surface area is 150 Å². The number of halogens is 5. The van der Waals surface area contributed by atoms with Crippen LogP contribution in [0.1, 0.15) is 11.1 Å². The molecule has 3 aromatic rings. The number of fused-ring (bicyclic) bond motifs is 1. The van der Waals surface area contributed by atoms with Crippen molar-refractivity contribution in [3.63, 3.8) is 0 Å². The highest BCUT2D eigenvalue weighted by molar-refractivity contribution is 6.39. The molecule has 3 rings (SSSR count). The number of H-pyrrole nitrogens is 1. The summed E-state index contributed by atoms with van der Waals surface area (Å²) < 4.78 is 40.0. The first-order valence-electron chi connectivity index (χ1n) is 7.06. The molecule has 0 unspecified atom stereocenters. The van der Waals surface area contributed by atoms with Crippen molar-refractivity contribution in [1.29, 1.82) is 0 Å². The molecule has 0 aliphatic heterocycles. The Balaban J connectivity index is 2.38. The molecule has 0 atom stereocenters. The summed E-state index contributed by atoms with van der Waals surface area (Å²) in [6.45, 7) is 0. The topological polar surface area (TPSA) is 53.1 Å². The number of carboxylic acid groups (broad SMARTS) is 1. The van der Waals surface area contributed by atoms with Gasteiger partial charge in [-0.05, 0) is 23.8 Å². The Hall–Kier alpha value is -2.18. The standard InChI is InChI=1S/C17H10Cl2F3NO2/c18-8-5-12(19)15-10(7-14(24)25)16(23-13(15)6-8)9-3-1-2-4-11(9)17(20,21)22/h1-6,23H,7H2,(H,24,25). The van der Waals surface area contributed by atoms with Gasteiger partial charge in [-0.25, -0.2) is 0 Å². The molecule has 3 nitrogen and oxygen atoms in total. The van der Waals surface area contributed by atoms with Crippen LogP contribution in [0.3, 0.4) is 0 Å². The first kappa shape index (κ1) is 17.6. The average Bonchev–Trinajstić information content (AvgIpc) is 2.84. The lowest BCUT2D eigenvalue weighted by molar-refractivity contribution is -0.137. The Morgan fingerprint density at radius 1 is 1.16 bits per heavy atom. The lowest BCUT2D eigenvalue weighted by Gasteiger charge is -2.13. The van der Waals surface area contributed by atoms with Gasteiger partial charge in [0.15, 0.2) is 0 Å². The molecule has 8 heteroatoms. The fourth-order valence-corrected chi connectivity index (χ4v) is 3.43. The van der Waals surface area contributed by atoms with Crippen LogP contribution in [0.15, 0.2) is 36.4 Å². The first-order chi connectivity index (χ1) is 11.7.